The van der Waals surface area contributed by atoms with Crippen LogP contribution < -0.4 is 14.4 Å². The lowest BCUT2D eigenvalue weighted by molar-refractivity contribution is -0.133. The predicted octanol–water partition coefficient (Wildman–Crippen LogP) is 3.19. The zero-order valence-corrected chi connectivity index (χ0v) is 17.9. The molecule has 0 aromatic heterocycles. The summed E-state index contributed by atoms with van der Waals surface area (Å²) in [5.74, 6) is 1.90. The Bertz CT molecular complexity index is 850. The molecule has 2 fully saturated rings. The Balaban J connectivity index is 1.39. The minimum atomic E-state index is 0.185. The number of methoxy groups -OCH3 is 2. The molecule has 0 N–H and O–H groups in total. The predicted molar refractivity (Wildman–Crippen MR) is 118 cm³/mol. The first-order valence-corrected chi connectivity index (χ1v) is 10.7. The fourth-order valence-corrected chi connectivity index (χ4v) is 4.59. The van der Waals surface area contributed by atoms with Crippen molar-refractivity contribution >= 4 is 11.6 Å². The lowest BCUT2D eigenvalue weighted by Crippen LogP contribution is -2.51. The average Bonchev–Trinajstić information content (AvgIpc) is 3.27. The third kappa shape index (κ3) is 4.38. The van der Waals surface area contributed by atoms with Crippen LogP contribution in [0.3, 0.4) is 0 Å². The van der Waals surface area contributed by atoms with E-state index in [9.17, 15) is 4.79 Å². The van der Waals surface area contributed by atoms with Crippen molar-refractivity contribution in [3.8, 4) is 11.5 Å². The molecule has 4 rings (SSSR count). The summed E-state index contributed by atoms with van der Waals surface area (Å²) in [6.45, 7) is 4.69. The van der Waals surface area contributed by atoms with Gasteiger partial charge in [-0.05, 0) is 49.7 Å². The van der Waals surface area contributed by atoms with Crippen LogP contribution >= 0.6 is 0 Å². The standard InChI is InChI=1S/C24H31N3O3/c1-29-20-10-11-23(30-2)21(17-20)22-9-6-12-27(22)18-24(28)26-15-13-25(14-16-26)19-7-4-3-5-8-19/h3-5,7-8,10-11,17,22H,6,9,12-16,18H2,1-2H3. The van der Waals surface area contributed by atoms with Crippen molar-refractivity contribution in [1.29, 1.82) is 0 Å². The van der Waals surface area contributed by atoms with Crippen molar-refractivity contribution in [2.24, 2.45) is 0 Å². The van der Waals surface area contributed by atoms with Gasteiger partial charge in [0.05, 0.1) is 20.8 Å². The van der Waals surface area contributed by atoms with E-state index in [0.29, 0.717) is 6.54 Å². The van der Waals surface area contributed by atoms with Gasteiger partial charge in [0.25, 0.3) is 0 Å². The average molecular weight is 410 g/mol. The number of ether oxygens (including phenoxy) is 2. The largest absolute Gasteiger partial charge is 0.497 e. The smallest absolute Gasteiger partial charge is 0.236 e. The normalized spacial score (nSPS) is 19.7. The summed E-state index contributed by atoms with van der Waals surface area (Å²) in [7, 11) is 3.37. The van der Waals surface area contributed by atoms with E-state index < -0.39 is 0 Å². The molecule has 0 spiro atoms. The zero-order valence-electron chi connectivity index (χ0n) is 17.9. The number of anilines is 1. The maximum absolute atomic E-state index is 13.1. The van der Waals surface area contributed by atoms with Gasteiger partial charge in [-0.25, -0.2) is 0 Å². The van der Waals surface area contributed by atoms with E-state index >= 15 is 0 Å². The number of amides is 1. The first kappa shape index (κ1) is 20.5. The van der Waals surface area contributed by atoms with Crippen LogP contribution in [-0.2, 0) is 4.79 Å². The molecular weight excluding hydrogens is 378 g/mol. The van der Waals surface area contributed by atoms with Gasteiger partial charge in [0.15, 0.2) is 0 Å². The molecular formula is C24H31N3O3. The topological polar surface area (TPSA) is 45.3 Å². The van der Waals surface area contributed by atoms with Crippen LogP contribution in [0.5, 0.6) is 11.5 Å². The number of rotatable bonds is 6. The SMILES string of the molecule is COc1ccc(OC)c(C2CCCN2CC(=O)N2CCN(c3ccccc3)CC2)c1. The van der Waals surface area contributed by atoms with Crippen LogP contribution in [0.1, 0.15) is 24.4 Å². The molecule has 0 aliphatic carbocycles. The molecule has 2 aromatic rings. The van der Waals surface area contributed by atoms with E-state index in [-0.39, 0.29) is 11.9 Å². The summed E-state index contributed by atoms with van der Waals surface area (Å²) in [5.41, 5.74) is 2.34. The van der Waals surface area contributed by atoms with Crippen molar-refractivity contribution in [1.82, 2.24) is 9.80 Å². The van der Waals surface area contributed by atoms with Crippen molar-refractivity contribution < 1.29 is 14.3 Å². The number of hydrogen-bond donors (Lipinski definition) is 0. The Labute approximate surface area is 179 Å². The third-order valence-corrected chi connectivity index (χ3v) is 6.25. The molecule has 0 radical (unpaired) electrons. The Hall–Kier alpha value is -2.73. The Morgan fingerprint density at radius 1 is 0.967 bits per heavy atom. The zero-order chi connectivity index (χ0) is 20.9. The van der Waals surface area contributed by atoms with Gasteiger partial charge >= 0.3 is 0 Å². The second-order valence-corrected chi connectivity index (χ2v) is 7.94. The third-order valence-electron chi connectivity index (χ3n) is 6.25. The molecule has 30 heavy (non-hydrogen) atoms. The number of likely N-dealkylation sites (tertiary alicyclic amines) is 1. The molecule has 2 aliphatic rings. The Morgan fingerprint density at radius 2 is 1.73 bits per heavy atom. The number of benzene rings is 2. The maximum atomic E-state index is 13.1. The molecule has 6 heteroatoms. The summed E-state index contributed by atoms with van der Waals surface area (Å²) in [4.78, 5) is 19.7. The quantitative estimate of drug-likeness (QED) is 0.733. The Morgan fingerprint density at radius 3 is 2.43 bits per heavy atom. The monoisotopic (exact) mass is 409 g/mol. The summed E-state index contributed by atoms with van der Waals surface area (Å²) in [6.07, 6.45) is 2.11. The van der Waals surface area contributed by atoms with Gasteiger partial charge in [0.2, 0.25) is 5.91 Å². The second-order valence-electron chi connectivity index (χ2n) is 7.94. The van der Waals surface area contributed by atoms with Gasteiger partial charge in [-0.3, -0.25) is 9.69 Å². The first-order chi connectivity index (χ1) is 14.7. The molecule has 6 nitrogen and oxygen atoms in total. The molecule has 2 aromatic carbocycles. The van der Waals surface area contributed by atoms with Crippen LogP contribution in [0.15, 0.2) is 48.5 Å². The van der Waals surface area contributed by atoms with Crippen LogP contribution in [0.4, 0.5) is 5.69 Å². The van der Waals surface area contributed by atoms with Crippen LogP contribution in [-0.4, -0.2) is 69.2 Å². The van der Waals surface area contributed by atoms with E-state index in [4.69, 9.17) is 9.47 Å². The van der Waals surface area contributed by atoms with Gasteiger partial charge < -0.3 is 19.3 Å². The lowest BCUT2D eigenvalue weighted by atomic mass is 10.0. The van der Waals surface area contributed by atoms with Crippen molar-refractivity contribution in [3.63, 3.8) is 0 Å². The van der Waals surface area contributed by atoms with E-state index in [1.165, 1.54) is 5.69 Å². The highest BCUT2D eigenvalue weighted by Crippen LogP contribution is 2.38. The van der Waals surface area contributed by atoms with Gasteiger partial charge in [-0.2, -0.15) is 0 Å². The van der Waals surface area contributed by atoms with Crippen molar-refractivity contribution in [2.45, 2.75) is 18.9 Å². The minimum Gasteiger partial charge on any atom is -0.497 e. The van der Waals surface area contributed by atoms with E-state index in [1.54, 1.807) is 14.2 Å². The minimum absolute atomic E-state index is 0.185. The maximum Gasteiger partial charge on any atom is 0.236 e. The lowest BCUT2D eigenvalue weighted by Gasteiger charge is -2.37. The number of hydrogen-bond acceptors (Lipinski definition) is 5. The van der Waals surface area contributed by atoms with E-state index in [2.05, 4.69) is 34.1 Å². The molecule has 1 atom stereocenters. The van der Waals surface area contributed by atoms with Gasteiger partial charge in [-0.1, -0.05) is 18.2 Å². The Kier molecular flexibility index (Phi) is 6.43. The molecule has 0 saturated carbocycles. The number of piperazine rings is 1. The molecule has 1 amide bonds. The molecule has 2 saturated heterocycles. The highest BCUT2D eigenvalue weighted by molar-refractivity contribution is 5.78. The van der Waals surface area contributed by atoms with Gasteiger partial charge in [0.1, 0.15) is 11.5 Å². The van der Waals surface area contributed by atoms with Crippen LogP contribution in [0.2, 0.25) is 0 Å². The molecule has 1 unspecified atom stereocenters. The summed E-state index contributed by atoms with van der Waals surface area (Å²) in [6, 6.07) is 16.5. The number of nitrogens with zero attached hydrogens (tertiary/aromatic N) is 3. The summed E-state index contributed by atoms with van der Waals surface area (Å²) in [5, 5.41) is 0. The van der Waals surface area contributed by atoms with Crippen molar-refractivity contribution in [3.05, 3.63) is 54.1 Å². The molecule has 160 valence electrons. The van der Waals surface area contributed by atoms with Gasteiger partial charge in [-0.15, -0.1) is 0 Å². The van der Waals surface area contributed by atoms with Crippen molar-refractivity contribution in [2.75, 3.05) is 58.4 Å². The summed E-state index contributed by atoms with van der Waals surface area (Å²) < 4.78 is 11.0. The molecule has 2 heterocycles. The first-order valence-electron chi connectivity index (χ1n) is 10.7. The second kappa shape index (κ2) is 9.39. The summed E-state index contributed by atoms with van der Waals surface area (Å²) >= 11 is 0. The van der Waals surface area contributed by atoms with Crippen LogP contribution in [0, 0.1) is 0 Å². The fraction of sp³-hybridized carbons (Fsp3) is 0.458. The number of carbonyl (C=O) groups excluding carboxylic acids is 1. The fourth-order valence-electron chi connectivity index (χ4n) is 4.59. The molecule has 0 bridgehead atoms. The van der Waals surface area contributed by atoms with E-state index in [1.807, 2.05) is 29.2 Å². The van der Waals surface area contributed by atoms with Crippen LogP contribution in [0.25, 0.3) is 0 Å². The molecule has 2 aliphatic heterocycles. The van der Waals surface area contributed by atoms with E-state index in [0.717, 1.165) is 62.6 Å². The highest BCUT2D eigenvalue weighted by Gasteiger charge is 2.32. The number of para-hydroxylation sites is 1. The highest BCUT2D eigenvalue weighted by atomic mass is 16.5. The van der Waals surface area contributed by atoms with Gasteiger partial charge in [0, 0.05) is 43.5 Å². The number of carbonyl (C=O) groups is 1.